The van der Waals surface area contributed by atoms with Crippen LogP contribution < -0.4 is 11.1 Å². The first-order valence-corrected chi connectivity index (χ1v) is 7.71. The summed E-state index contributed by atoms with van der Waals surface area (Å²) in [5.74, 6) is 1.88. The summed E-state index contributed by atoms with van der Waals surface area (Å²) in [6, 6.07) is 0.815. The maximum atomic E-state index is 6.64. The van der Waals surface area contributed by atoms with Crippen LogP contribution in [0.1, 0.15) is 64.2 Å². The highest BCUT2D eigenvalue weighted by Crippen LogP contribution is 2.56. The standard InChI is InChI=1S/C15H26N2/c16-14-6-11-5-12(7-14)9-15(8-11,10-14)17-13-3-1-2-4-13/h11-13,17H,1-10,16H2. The van der Waals surface area contributed by atoms with E-state index >= 15 is 0 Å². The second kappa shape index (κ2) is 3.48. The summed E-state index contributed by atoms with van der Waals surface area (Å²) < 4.78 is 0. The first-order chi connectivity index (χ1) is 8.15. The number of rotatable bonds is 2. The van der Waals surface area contributed by atoms with Crippen LogP contribution in [0.5, 0.6) is 0 Å². The van der Waals surface area contributed by atoms with Crippen molar-refractivity contribution in [3.05, 3.63) is 0 Å². The Morgan fingerprint density at radius 2 is 1.59 bits per heavy atom. The molecule has 5 fully saturated rings. The predicted octanol–water partition coefficient (Wildman–Crippen LogP) is 2.57. The molecule has 0 aliphatic heterocycles. The minimum atomic E-state index is 0.204. The molecule has 3 N–H and O–H groups in total. The fourth-order valence-electron chi connectivity index (χ4n) is 6.01. The van der Waals surface area contributed by atoms with Crippen molar-refractivity contribution in [3.8, 4) is 0 Å². The fraction of sp³-hybridized carbons (Fsp3) is 1.00. The Morgan fingerprint density at radius 3 is 2.18 bits per heavy atom. The molecule has 2 unspecified atom stereocenters. The molecule has 2 atom stereocenters. The minimum Gasteiger partial charge on any atom is -0.325 e. The third-order valence-electron chi connectivity index (χ3n) is 5.97. The van der Waals surface area contributed by atoms with E-state index in [0.29, 0.717) is 5.54 Å². The second-order valence-corrected chi connectivity index (χ2v) is 7.73. The lowest BCUT2D eigenvalue weighted by molar-refractivity contribution is -0.0402. The molecule has 5 aliphatic carbocycles. The minimum absolute atomic E-state index is 0.204. The van der Waals surface area contributed by atoms with Gasteiger partial charge in [-0.1, -0.05) is 12.8 Å². The summed E-state index contributed by atoms with van der Waals surface area (Å²) in [5, 5.41) is 4.07. The maximum absolute atomic E-state index is 6.64. The maximum Gasteiger partial charge on any atom is 0.0206 e. The summed E-state index contributed by atoms with van der Waals surface area (Å²) in [6.45, 7) is 0. The van der Waals surface area contributed by atoms with E-state index in [1.54, 1.807) is 0 Å². The summed E-state index contributed by atoms with van der Waals surface area (Å²) in [6.07, 6.45) is 13.9. The lowest BCUT2D eigenvalue weighted by Gasteiger charge is -2.61. The van der Waals surface area contributed by atoms with Crippen LogP contribution >= 0.6 is 0 Å². The van der Waals surface area contributed by atoms with Gasteiger partial charge in [0.25, 0.3) is 0 Å². The van der Waals surface area contributed by atoms with Crippen molar-refractivity contribution < 1.29 is 0 Å². The zero-order valence-corrected chi connectivity index (χ0v) is 10.9. The second-order valence-electron chi connectivity index (χ2n) is 7.73. The van der Waals surface area contributed by atoms with Gasteiger partial charge in [-0.3, -0.25) is 0 Å². The monoisotopic (exact) mass is 234 g/mol. The summed E-state index contributed by atoms with van der Waals surface area (Å²) >= 11 is 0. The summed E-state index contributed by atoms with van der Waals surface area (Å²) in [5.41, 5.74) is 7.30. The first-order valence-electron chi connectivity index (χ1n) is 7.71. The van der Waals surface area contributed by atoms with Gasteiger partial charge in [0.05, 0.1) is 0 Å². The largest absolute Gasteiger partial charge is 0.325 e. The van der Waals surface area contributed by atoms with Crippen LogP contribution in [0.4, 0.5) is 0 Å². The Morgan fingerprint density at radius 1 is 0.941 bits per heavy atom. The van der Waals surface area contributed by atoms with E-state index < -0.39 is 0 Å². The average molecular weight is 234 g/mol. The topological polar surface area (TPSA) is 38.0 Å². The van der Waals surface area contributed by atoms with Crippen molar-refractivity contribution in [1.82, 2.24) is 5.32 Å². The Balaban J connectivity index is 1.56. The summed E-state index contributed by atoms with van der Waals surface area (Å²) in [4.78, 5) is 0. The van der Waals surface area contributed by atoms with E-state index in [0.717, 1.165) is 17.9 Å². The van der Waals surface area contributed by atoms with Crippen LogP contribution in [0.15, 0.2) is 0 Å². The number of hydrogen-bond donors (Lipinski definition) is 2. The van der Waals surface area contributed by atoms with Crippen LogP contribution in [0.3, 0.4) is 0 Å². The normalized spacial score (nSPS) is 53.5. The predicted molar refractivity (Wildman–Crippen MR) is 69.7 cm³/mol. The average Bonchev–Trinajstić information content (AvgIpc) is 2.64. The zero-order valence-electron chi connectivity index (χ0n) is 10.9. The van der Waals surface area contributed by atoms with Gasteiger partial charge >= 0.3 is 0 Å². The van der Waals surface area contributed by atoms with E-state index in [-0.39, 0.29) is 5.54 Å². The van der Waals surface area contributed by atoms with Gasteiger partial charge < -0.3 is 11.1 Å². The molecule has 5 saturated carbocycles. The smallest absolute Gasteiger partial charge is 0.0206 e. The van der Waals surface area contributed by atoms with Crippen molar-refractivity contribution in [2.75, 3.05) is 0 Å². The number of nitrogens with two attached hydrogens (primary N) is 1. The van der Waals surface area contributed by atoms with E-state index in [2.05, 4.69) is 5.32 Å². The van der Waals surface area contributed by atoms with Gasteiger partial charge in [0.15, 0.2) is 0 Å². The van der Waals surface area contributed by atoms with Crippen molar-refractivity contribution in [3.63, 3.8) is 0 Å². The van der Waals surface area contributed by atoms with E-state index in [9.17, 15) is 0 Å². The molecule has 0 aromatic carbocycles. The molecular formula is C15H26N2. The Kier molecular flexibility index (Phi) is 2.21. The molecular weight excluding hydrogens is 208 g/mol. The highest BCUT2D eigenvalue weighted by molar-refractivity contribution is 5.15. The molecule has 0 spiro atoms. The molecule has 0 aromatic rings. The summed E-state index contributed by atoms with van der Waals surface area (Å²) in [7, 11) is 0. The van der Waals surface area contributed by atoms with Gasteiger partial charge in [-0.2, -0.15) is 0 Å². The molecule has 0 saturated heterocycles. The molecule has 17 heavy (non-hydrogen) atoms. The van der Waals surface area contributed by atoms with Crippen LogP contribution in [0, 0.1) is 11.8 Å². The van der Waals surface area contributed by atoms with Crippen LogP contribution in [0.2, 0.25) is 0 Å². The van der Waals surface area contributed by atoms with Crippen LogP contribution in [-0.4, -0.2) is 17.1 Å². The lowest BCUT2D eigenvalue weighted by Crippen LogP contribution is -2.68. The van der Waals surface area contributed by atoms with Gasteiger partial charge in [-0.15, -0.1) is 0 Å². The van der Waals surface area contributed by atoms with E-state index in [1.165, 1.54) is 64.2 Å². The quantitative estimate of drug-likeness (QED) is 0.770. The van der Waals surface area contributed by atoms with Crippen molar-refractivity contribution in [2.45, 2.75) is 81.3 Å². The van der Waals surface area contributed by atoms with Gasteiger partial charge in [0.2, 0.25) is 0 Å². The highest BCUT2D eigenvalue weighted by Gasteiger charge is 2.56. The third kappa shape index (κ3) is 1.76. The third-order valence-corrected chi connectivity index (χ3v) is 5.97. The van der Waals surface area contributed by atoms with Gasteiger partial charge in [0.1, 0.15) is 0 Å². The molecule has 96 valence electrons. The molecule has 2 heteroatoms. The Bertz CT molecular complexity index is 305. The molecule has 0 radical (unpaired) electrons. The lowest BCUT2D eigenvalue weighted by atomic mass is 9.50. The van der Waals surface area contributed by atoms with E-state index in [4.69, 9.17) is 5.73 Å². The van der Waals surface area contributed by atoms with Gasteiger partial charge in [0, 0.05) is 17.1 Å². The Hall–Kier alpha value is -0.0800. The molecule has 5 rings (SSSR count). The molecule has 2 nitrogen and oxygen atoms in total. The number of hydrogen-bond acceptors (Lipinski definition) is 2. The van der Waals surface area contributed by atoms with Crippen molar-refractivity contribution in [1.29, 1.82) is 0 Å². The zero-order chi connectivity index (χ0) is 11.5. The van der Waals surface area contributed by atoms with Crippen molar-refractivity contribution >= 4 is 0 Å². The SMILES string of the molecule is NC12CC3CC(C1)CC(NC1CCCC1)(C3)C2. The first kappa shape index (κ1) is 10.8. The molecule has 0 aromatic heterocycles. The van der Waals surface area contributed by atoms with Crippen LogP contribution in [-0.2, 0) is 0 Å². The molecule has 4 bridgehead atoms. The Labute approximate surface area is 105 Å². The van der Waals surface area contributed by atoms with Gasteiger partial charge in [-0.05, 0) is 63.2 Å². The molecule has 0 heterocycles. The molecule has 5 aliphatic rings. The molecule has 0 amide bonds. The number of nitrogens with one attached hydrogen (secondary N) is 1. The van der Waals surface area contributed by atoms with E-state index in [1.807, 2.05) is 0 Å². The van der Waals surface area contributed by atoms with Gasteiger partial charge in [-0.25, -0.2) is 0 Å². The van der Waals surface area contributed by atoms with Crippen molar-refractivity contribution in [2.24, 2.45) is 17.6 Å². The fourth-order valence-corrected chi connectivity index (χ4v) is 6.01. The highest BCUT2D eigenvalue weighted by atomic mass is 15.0. The van der Waals surface area contributed by atoms with Crippen LogP contribution in [0.25, 0.3) is 0 Å².